The van der Waals surface area contributed by atoms with Crippen molar-refractivity contribution >= 4 is 11.7 Å². The molecule has 1 amide bonds. The molecule has 0 bridgehead atoms. The Labute approximate surface area is 144 Å². The Morgan fingerprint density at radius 1 is 1.29 bits per heavy atom. The Balaban J connectivity index is 1.76. The SMILES string of the molecule is CN1CCN(c2ccc(CNC(=O)[C@@H](N)CCCCN)cn2)CC1. The number of carbonyl (C=O) groups excluding carboxylic acids is 1. The molecule has 1 aromatic rings. The molecule has 7 heteroatoms. The second-order valence-electron chi connectivity index (χ2n) is 6.42. The van der Waals surface area contributed by atoms with Gasteiger partial charge in [-0.2, -0.15) is 0 Å². The lowest BCUT2D eigenvalue weighted by Gasteiger charge is -2.33. The highest BCUT2D eigenvalue weighted by Gasteiger charge is 2.15. The number of hydrogen-bond acceptors (Lipinski definition) is 6. The molecule has 0 aromatic carbocycles. The minimum Gasteiger partial charge on any atom is -0.354 e. The first kappa shape index (κ1) is 18.6. The monoisotopic (exact) mass is 334 g/mol. The van der Waals surface area contributed by atoms with E-state index < -0.39 is 6.04 Å². The molecular formula is C17H30N6O. The minimum atomic E-state index is -0.464. The van der Waals surface area contributed by atoms with Crippen molar-refractivity contribution in [3.05, 3.63) is 23.9 Å². The zero-order valence-electron chi connectivity index (χ0n) is 14.6. The van der Waals surface area contributed by atoms with E-state index in [4.69, 9.17) is 11.5 Å². The number of nitrogens with two attached hydrogens (primary N) is 2. The van der Waals surface area contributed by atoms with Gasteiger partial charge in [-0.3, -0.25) is 4.79 Å². The van der Waals surface area contributed by atoms with Crippen LogP contribution in [0.25, 0.3) is 0 Å². The Morgan fingerprint density at radius 3 is 2.67 bits per heavy atom. The Bertz CT molecular complexity index is 498. The van der Waals surface area contributed by atoms with E-state index in [9.17, 15) is 4.79 Å². The minimum absolute atomic E-state index is 0.116. The van der Waals surface area contributed by atoms with Crippen LogP contribution in [0.5, 0.6) is 0 Å². The first-order chi connectivity index (χ1) is 11.6. The summed E-state index contributed by atoms with van der Waals surface area (Å²) in [6.45, 7) is 5.21. The number of piperazine rings is 1. The number of anilines is 1. The van der Waals surface area contributed by atoms with Gasteiger partial charge in [0.05, 0.1) is 6.04 Å². The average molecular weight is 334 g/mol. The van der Waals surface area contributed by atoms with E-state index in [-0.39, 0.29) is 5.91 Å². The summed E-state index contributed by atoms with van der Waals surface area (Å²) in [6, 6.07) is 3.57. The molecular weight excluding hydrogens is 304 g/mol. The molecule has 0 unspecified atom stereocenters. The van der Waals surface area contributed by atoms with Crippen molar-refractivity contribution in [2.45, 2.75) is 31.8 Å². The van der Waals surface area contributed by atoms with E-state index in [0.29, 0.717) is 19.5 Å². The molecule has 24 heavy (non-hydrogen) atoms. The summed E-state index contributed by atoms with van der Waals surface area (Å²) in [5, 5.41) is 2.87. The maximum absolute atomic E-state index is 12.0. The van der Waals surface area contributed by atoms with Crippen LogP contribution in [0.3, 0.4) is 0 Å². The summed E-state index contributed by atoms with van der Waals surface area (Å²) in [5.74, 6) is 0.881. The summed E-state index contributed by atoms with van der Waals surface area (Å²) in [4.78, 5) is 21.1. The molecule has 5 N–H and O–H groups in total. The van der Waals surface area contributed by atoms with Crippen LogP contribution in [0.15, 0.2) is 18.3 Å². The number of aromatic nitrogens is 1. The molecule has 1 aliphatic rings. The number of rotatable bonds is 8. The Morgan fingerprint density at radius 2 is 2.04 bits per heavy atom. The zero-order valence-corrected chi connectivity index (χ0v) is 14.6. The second-order valence-corrected chi connectivity index (χ2v) is 6.42. The number of pyridine rings is 1. The molecule has 1 aromatic heterocycles. The number of carbonyl (C=O) groups is 1. The van der Waals surface area contributed by atoms with Crippen molar-refractivity contribution in [3.8, 4) is 0 Å². The van der Waals surface area contributed by atoms with Gasteiger partial charge in [-0.1, -0.05) is 12.5 Å². The van der Waals surface area contributed by atoms with Gasteiger partial charge in [0, 0.05) is 38.9 Å². The van der Waals surface area contributed by atoms with Gasteiger partial charge in [0.1, 0.15) is 5.82 Å². The fourth-order valence-electron chi connectivity index (χ4n) is 2.70. The van der Waals surface area contributed by atoms with Crippen LogP contribution in [0.4, 0.5) is 5.82 Å². The third-order valence-electron chi connectivity index (χ3n) is 4.41. The second kappa shape index (κ2) is 9.56. The van der Waals surface area contributed by atoms with Crippen LogP contribution >= 0.6 is 0 Å². The fourth-order valence-corrected chi connectivity index (χ4v) is 2.70. The first-order valence-corrected chi connectivity index (χ1v) is 8.72. The Hall–Kier alpha value is -1.70. The topological polar surface area (TPSA) is 101 Å². The van der Waals surface area contributed by atoms with Crippen LogP contribution in [-0.4, -0.2) is 61.6 Å². The molecule has 1 atom stereocenters. The number of unbranched alkanes of at least 4 members (excludes halogenated alkanes) is 1. The van der Waals surface area contributed by atoms with E-state index in [2.05, 4.69) is 27.1 Å². The fraction of sp³-hybridized carbons (Fsp3) is 0.647. The molecule has 134 valence electrons. The van der Waals surface area contributed by atoms with Crippen LogP contribution in [0.2, 0.25) is 0 Å². The van der Waals surface area contributed by atoms with E-state index in [0.717, 1.165) is 50.4 Å². The van der Waals surface area contributed by atoms with Gasteiger partial charge >= 0.3 is 0 Å². The number of nitrogens with one attached hydrogen (secondary N) is 1. The first-order valence-electron chi connectivity index (χ1n) is 8.72. The molecule has 2 heterocycles. The third kappa shape index (κ3) is 5.74. The molecule has 0 saturated carbocycles. The molecule has 0 aliphatic carbocycles. The smallest absolute Gasteiger partial charge is 0.237 e. The summed E-state index contributed by atoms with van der Waals surface area (Å²) in [7, 11) is 2.14. The van der Waals surface area contributed by atoms with Crippen molar-refractivity contribution in [1.82, 2.24) is 15.2 Å². The van der Waals surface area contributed by atoms with Crippen molar-refractivity contribution in [3.63, 3.8) is 0 Å². The van der Waals surface area contributed by atoms with E-state index in [1.54, 1.807) is 0 Å². The molecule has 0 spiro atoms. The highest BCUT2D eigenvalue weighted by molar-refractivity contribution is 5.81. The average Bonchev–Trinajstić information content (AvgIpc) is 2.61. The summed E-state index contributed by atoms with van der Waals surface area (Å²) in [6.07, 6.45) is 4.28. The molecule has 2 rings (SSSR count). The maximum Gasteiger partial charge on any atom is 0.237 e. The Kier molecular flexibility index (Phi) is 7.42. The largest absolute Gasteiger partial charge is 0.354 e. The van der Waals surface area contributed by atoms with Crippen LogP contribution in [0, 0.1) is 0 Å². The molecule has 1 aliphatic heterocycles. The van der Waals surface area contributed by atoms with Gasteiger partial charge in [-0.05, 0) is 38.1 Å². The summed E-state index contributed by atoms with van der Waals surface area (Å²) in [5.41, 5.74) is 12.3. The predicted molar refractivity (Wildman–Crippen MR) is 96.7 cm³/mol. The van der Waals surface area contributed by atoms with Gasteiger partial charge in [0.2, 0.25) is 5.91 Å². The van der Waals surface area contributed by atoms with Crippen LogP contribution in [-0.2, 0) is 11.3 Å². The zero-order chi connectivity index (χ0) is 17.4. The summed E-state index contributed by atoms with van der Waals surface area (Å²) >= 11 is 0. The highest BCUT2D eigenvalue weighted by Crippen LogP contribution is 2.13. The number of amides is 1. The predicted octanol–water partition coefficient (Wildman–Crippen LogP) is -0.0941. The van der Waals surface area contributed by atoms with E-state index >= 15 is 0 Å². The van der Waals surface area contributed by atoms with Gasteiger partial charge in [-0.25, -0.2) is 4.98 Å². The van der Waals surface area contributed by atoms with Crippen molar-refractivity contribution < 1.29 is 4.79 Å². The van der Waals surface area contributed by atoms with Gasteiger partial charge in [0.25, 0.3) is 0 Å². The van der Waals surface area contributed by atoms with Crippen LogP contribution < -0.4 is 21.7 Å². The highest BCUT2D eigenvalue weighted by atomic mass is 16.2. The third-order valence-corrected chi connectivity index (χ3v) is 4.41. The number of nitrogens with zero attached hydrogens (tertiary/aromatic N) is 3. The summed E-state index contributed by atoms with van der Waals surface area (Å²) < 4.78 is 0. The standard InChI is InChI=1S/C17H30N6O/c1-22-8-10-23(11-9-22)16-6-5-14(12-20-16)13-21-17(24)15(19)4-2-3-7-18/h5-6,12,15H,2-4,7-11,13,18-19H2,1H3,(H,21,24)/t15-/m0/s1. The van der Waals surface area contributed by atoms with E-state index in [1.165, 1.54) is 0 Å². The number of likely N-dealkylation sites (N-methyl/N-ethyl adjacent to an activating group) is 1. The van der Waals surface area contributed by atoms with Gasteiger partial charge in [-0.15, -0.1) is 0 Å². The van der Waals surface area contributed by atoms with Crippen molar-refractivity contribution in [2.75, 3.05) is 44.7 Å². The normalized spacial score (nSPS) is 16.9. The van der Waals surface area contributed by atoms with Gasteiger partial charge in [0.15, 0.2) is 0 Å². The lowest BCUT2D eigenvalue weighted by Crippen LogP contribution is -2.44. The van der Waals surface area contributed by atoms with E-state index in [1.807, 2.05) is 18.3 Å². The molecule has 7 nitrogen and oxygen atoms in total. The van der Waals surface area contributed by atoms with Crippen molar-refractivity contribution in [2.24, 2.45) is 11.5 Å². The van der Waals surface area contributed by atoms with Crippen molar-refractivity contribution in [1.29, 1.82) is 0 Å². The molecule has 0 radical (unpaired) electrons. The lowest BCUT2D eigenvalue weighted by atomic mass is 10.1. The quantitative estimate of drug-likeness (QED) is 0.574. The lowest BCUT2D eigenvalue weighted by molar-refractivity contribution is -0.122. The molecule has 1 fully saturated rings. The number of hydrogen-bond donors (Lipinski definition) is 3. The van der Waals surface area contributed by atoms with Crippen LogP contribution in [0.1, 0.15) is 24.8 Å². The maximum atomic E-state index is 12.0. The molecule has 1 saturated heterocycles. The van der Waals surface area contributed by atoms with Gasteiger partial charge < -0.3 is 26.6 Å².